The van der Waals surface area contributed by atoms with Gasteiger partial charge in [-0.05, 0) is 19.0 Å². The van der Waals surface area contributed by atoms with Gasteiger partial charge in [0.25, 0.3) is 0 Å². The molecule has 1 aromatic rings. The van der Waals surface area contributed by atoms with Gasteiger partial charge in [-0.3, -0.25) is 4.90 Å². The van der Waals surface area contributed by atoms with Crippen LogP contribution in [0.2, 0.25) is 5.02 Å². The third kappa shape index (κ3) is 2.90. The van der Waals surface area contributed by atoms with E-state index in [0.29, 0.717) is 18.7 Å². The fourth-order valence-corrected chi connectivity index (χ4v) is 2.37. The Labute approximate surface area is 108 Å². The Hall–Kier alpha value is -0.940. The Kier molecular flexibility index (Phi) is 3.73. The molecule has 18 heavy (non-hydrogen) atoms. The van der Waals surface area contributed by atoms with E-state index >= 15 is 0 Å². The molecule has 0 aromatic heterocycles. The first-order valence-corrected chi connectivity index (χ1v) is 6.01. The van der Waals surface area contributed by atoms with E-state index in [-0.39, 0.29) is 23.7 Å². The van der Waals surface area contributed by atoms with Crippen molar-refractivity contribution in [3.63, 3.8) is 0 Å². The minimum absolute atomic E-state index is 0.0184. The highest BCUT2D eigenvalue weighted by Crippen LogP contribution is 2.35. The minimum atomic E-state index is -4.13. The fraction of sp³-hybridized carbons (Fsp3) is 0.500. The molecule has 2 rings (SSSR count). The van der Waals surface area contributed by atoms with Crippen LogP contribution in [0.15, 0.2) is 18.2 Å². The molecule has 1 aliphatic heterocycles. The van der Waals surface area contributed by atoms with Crippen molar-refractivity contribution in [3.8, 4) is 5.75 Å². The number of nitrogens with zero attached hydrogens (tertiary/aromatic N) is 1. The summed E-state index contributed by atoms with van der Waals surface area (Å²) in [5.74, 6) is -1.31. The van der Waals surface area contributed by atoms with Crippen LogP contribution in [0.25, 0.3) is 0 Å². The Morgan fingerprint density at radius 1 is 1.39 bits per heavy atom. The van der Waals surface area contributed by atoms with Gasteiger partial charge < -0.3 is 5.11 Å². The van der Waals surface area contributed by atoms with Gasteiger partial charge in [-0.2, -0.15) is 13.2 Å². The predicted octanol–water partition coefficient (Wildman–Crippen LogP) is 3.43. The van der Waals surface area contributed by atoms with Crippen LogP contribution in [-0.4, -0.2) is 29.3 Å². The number of phenolic OH excluding ortho intramolecular Hbond substituents is 1. The van der Waals surface area contributed by atoms with Gasteiger partial charge >= 0.3 is 6.18 Å². The number of aromatic hydroxyl groups is 1. The summed E-state index contributed by atoms with van der Waals surface area (Å²) in [6.45, 7) is 0.657. The maximum Gasteiger partial charge on any atom is 0.393 e. The summed E-state index contributed by atoms with van der Waals surface area (Å²) in [7, 11) is 0. The highest BCUT2D eigenvalue weighted by molar-refractivity contribution is 6.32. The van der Waals surface area contributed by atoms with Gasteiger partial charge in [0.1, 0.15) is 5.75 Å². The molecule has 0 spiro atoms. The number of benzene rings is 1. The molecule has 0 aliphatic carbocycles. The summed E-state index contributed by atoms with van der Waals surface area (Å²) >= 11 is 5.75. The molecule has 2 nitrogen and oxygen atoms in total. The first-order chi connectivity index (χ1) is 8.38. The molecule has 1 N–H and O–H groups in total. The van der Waals surface area contributed by atoms with E-state index < -0.39 is 12.1 Å². The number of hydrogen-bond donors (Lipinski definition) is 1. The molecule has 100 valence electrons. The quantitative estimate of drug-likeness (QED) is 0.896. The van der Waals surface area contributed by atoms with Crippen LogP contribution in [0, 0.1) is 5.92 Å². The summed E-state index contributed by atoms with van der Waals surface area (Å²) < 4.78 is 37.6. The molecular formula is C12H13ClF3NO. The van der Waals surface area contributed by atoms with Crippen LogP contribution in [0.4, 0.5) is 13.2 Å². The molecule has 1 aliphatic rings. The highest BCUT2D eigenvalue weighted by Gasteiger charge is 2.43. The van der Waals surface area contributed by atoms with E-state index in [9.17, 15) is 18.3 Å². The maximum atomic E-state index is 12.5. The molecule has 0 radical (unpaired) electrons. The van der Waals surface area contributed by atoms with Gasteiger partial charge in [0, 0.05) is 18.7 Å². The van der Waals surface area contributed by atoms with Crippen molar-refractivity contribution >= 4 is 11.6 Å². The van der Waals surface area contributed by atoms with Crippen LogP contribution < -0.4 is 0 Å². The van der Waals surface area contributed by atoms with E-state index in [1.54, 1.807) is 23.1 Å². The molecule has 1 atom stereocenters. The average molecular weight is 280 g/mol. The number of hydrogen-bond acceptors (Lipinski definition) is 2. The minimum Gasteiger partial charge on any atom is -0.506 e. The van der Waals surface area contributed by atoms with E-state index in [4.69, 9.17) is 11.6 Å². The van der Waals surface area contributed by atoms with E-state index in [1.807, 2.05) is 0 Å². The SMILES string of the molecule is Oc1c(Cl)cccc1CN1CCC(C(F)(F)F)C1. The normalized spacial score (nSPS) is 21.4. The highest BCUT2D eigenvalue weighted by atomic mass is 35.5. The van der Waals surface area contributed by atoms with Gasteiger partial charge in [0.15, 0.2) is 0 Å². The summed E-state index contributed by atoms with van der Waals surface area (Å²) in [4.78, 5) is 1.68. The standard InChI is InChI=1S/C12H13ClF3NO/c13-10-3-1-2-8(11(10)18)6-17-5-4-9(7-17)12(14,15)16/h1-3,9,18H,4-7H2. The third-order valence-electron chi connectivity index (χ3n) is 3.20. The lowest BCUT2D eigenvalue weighted by Gasteiger charge is -2.18. The maximum absolute atomic E-state index is 12.5. The summed E-state index contributed by atoms with van der Waals surface area (Å²) in [5.41, 5.74) is 0.560. The van der Waals surface area contributed by atoms with E-state index in [0.717, 1.165) is 0 Å². The lowest BCUT2D eigenvalue weighted by atomic mass is 10.1. The molecule has 0 bridgehead atoms. The number of alkyl halides is 3. The van der Waals surface area contributed by atoms with Crippen molar-refractivity contribution in [1.82, 2.24) is 4.90 Å². The molecular weight excluding hydrogens is 267 g/mol. The molecule has 1 unspecified atom stereocenters. The van der Waals surface area contributed by atoms with Crippen molar-refractivity contribution in [1.29, 1.82) is 0 Å². The smallest absolute Gasteiger partial charge is 0.393 e. The number of likely N-dealkylation sites (tertiary alicyclic amines) is 1. The van der Waals surface area contributed by atoms with Gasteiger partial charge in [-0.25, -0.2) is 0 Å². The zero-order valence-electron chi connectivity index (χ0n) is 9.54. The van der Waals surface area contributed by atoms with Crippen LogP contribution in [0.1, 0.15) is 12.0 Å². The second kappa shape index (κ2) is 4.97. The molecule has 1 fully saturated rings. The molecule has 1 aromatic carbocycles. The first-order valence-electron chi connectivity index (χ1n) is 5.63. The Balaban J connectivity index is 2.02. The molecule has 6 heteroatoms. The number of phenols is 1. The Morgan fingerprint density at radius 3 is 2.72 bits per heavy atom. The van der Waals surface area contributed by atoms with Gasteiger partial charge in [0.2, 0.25) is 0 Å². The molecule has 1 heterocycles. The van der Waals surface area contributed by atoms with Crippen molar-refractivity contribution in [2.24, 2.45) is 5.92 Å². The molecule has 0 amide bonds. The largest absolute Gasteiger partial charge is 0.506 e. The van der Waals surface area contributed by atoms with Crippen LogP contribution in [-0.2, 0) is 6.54 Å². The van der Waals surface area contributed by atoms with E-state index in [2.05, 4.69) is 0 Å². The zero-order valence-corrected chi connectivity index (χ0v) is 10.3. The lowest BCUT2D eigenvalue weighted by molar-refractivity contribution is -0.170. The third-order valence-corrected chi connectivity index (χ3v) is 3.50. The van der Waals surface area contributed by atoms with Crippen LogP contribution in [0.5, 0.6) is 5.75 Å². The zero-order chi connectivity index (χ0) is 13.3. The summed E-state index contributed by atoms with van der Waals surface area (Å²) in [5, 5.41) is 9.92. The van der Waals surface area contributed by atoms with Gasteiger partial charge in [-0.15, -0.1) is 0 Å². The lowest BCUT2D eigenvalue weighted by Crippen LogP contribution is -2.27. The first kappa shape index (κ1) is 13.5. The topological polar surface area (TPSA) is 23.5 Å². The fourth-order valence-electron chi connectivity index (χ4n) is 2.17. The monoisotopic (exact) mass is 279 g/mol. The van der Waals surface area contributed by atoms with Crippen molar-refractivity contribution < 1.29 is 18.3 Å². The second-order valence-corrected chi connectivity index (χ2v) is 4.92. The van der Waals surface area contributed by atoms with Crippen molar-refractivity contribution in [2.45, 2.75) is 19.1 Å². The Morgan fingerprint density at radius 2 is 2.11 bits per heavy atom. The van der Waals surface area contributed by atoms with E-state index in [1.165, 1.54) is 0 Å². The number of halogens is 4. The van der Waals surface area contributed by atoms with Crippen LogP contribution in [0.3, 0.4) is 0 Å². The van der Waals surface area contributed by atoms with Gasteiger partial charge in [-0.1, -0.05) is 23.7 Å². The summed E-state index contributed by atoms with van der Waals surface area (Å²) in [6.07, 6.45) is -4.02. The van der Waals surface area contributed by atoms with Crippen molar-refractivity contribution in [2.75, 3.05) is 13.1 Å². The van der Waals surface area contributed by atoms with Crippen LogP contribution >= 0.6 is 11.6 Å². The van der Waals surface area contributed by atoms with Gasteiger partial charge in [0.05, 0.1) is 10.9 Å². The molecule has 0 saturated carbocycles. The number of rotatable bonds is 2. The molecule has 1 saturated heterocycles. The second-order valence-electron chi connectivity index (χ2n) is 4.51. The number of para-hydroxylation sites is 1. The average Bonchev–Trinajstić information content (AvgIpc) is 2.73. The summed E-state index contributed by atoms with van der Waals surface area (Å²) in [6, 6.07) is 4.89. The predicted molar refractivity (Wildman–Crippen MR) is 62.6 cm³/mol. The van der Waals surface area contributed by atoms with Crippen molar-refractivity contribution in [3.05, 3.63) is 28.8 Å². The Bertz CT molecular complexity index is 436.